The zero-order valence-electron chi connectivity index (χ0n) is 12.1. The molecule has 0 amide bonds. The zero-order valence-corrected chi connectivity index (χ0v) is 12.1. The maximum atomic E-state index is 5.56. The summed E-state index contributed by atoms with van der Waals surface area (Å²) < 4.78 is 10.7. The van der Waals surface area contributed by atoms with Gasteiger partial charge in [0.1, 0.15) is 0 Å². The van der Waals surface area contributed by atoms with E-state index in [1.54, 1.807) is 7.05 Å². The van der Waals surface area contributed by atoms with Crippen molar-refractivity contribution in [1.29, 1.82) is 0 Å². The molecule has 1 atom stereocenters. The van der Waals surface area contributed by atoms with Crippen LogP contribution in [-0.2, 0) is 11.3 Å². The number of likely N-dealkylation sites (tertiary alicyclic amines) is 1. The summed E-state index contributed by atoms with van der Waals surface area (Å²) in [6.45, 7) is 6.12. The molecule has 110 valence electrons. The maximum absolute atomic E-state index is 5.56. The van der Waals surface area contributed by atoms with E-state index in [1.165, 1.54) is 6.42 Å². The van der Waals surface area contributed by atoms with E-state index in [9.17, 15) is 0 Å². The lowest BCUT2D eigenvalue weighted by Gasteiger charge is -2.24. The summed E-state index contributed by atoms with van der Waals surface area (Å²) in [5, 5.41) is 7.07. The van der Waals surface area contributed by atoms with E-state index in [1.807, 2.05) is 6.92 Å². The van der Waals surface area contributed by atoms with Gasteiger partial charge >= 0.3 is 0 Å². The van der Waals surface area contributed by atoms with Gasteiger partial charge in [-0.05, 0) is 19.8 Å². The quantitative estimate of drug-likeness (QED) is 0.630. The Morgan fingerprint density at radius 1 is 1.50 bits per heavy atom. The van der Waals surface area contributed by atoms with Gasteiger partial charge in [-0.25, -0.2) is 0 Å². The Kier molecular flexibility index (Phi) is 3.60. The number of nitrogens with zero attached hydrogens (tertiary/aromatic N) is 4. The minimum absolute atomic E-state index is 0.332. The predicted molar refractivity (Wildman–Crippen MR) is 73.3 cm³/mol. The van der Waals surface area contributed by atoms with Crippen LogP contribution in [0.2, 0.25) is 0 Å². The number of aryl methyl sites for hydroxylation is 1. The van der Waals surface area contributed by atoms with Crippen molar-refractivity contribution in [2.24, 2.45) is 10.4 Å². The molecule has 0 aliphatic carbocycles. The molecule has 3 rings (SSSR count). The van der Waals surface area contributed by atoms with E-state index in [-0.39, 0.29) is 0 Å². The lowest BCUT2D eigenvalue weighted by molar-refractivity contribution is 0.156. The fraction of sp³-hybridized carbons (Fsp3) is 0.769. The summed E-state index contributed by atoms with van der Waals surface area (Å²) in [7, 11) is 1.80. The molecule has 0 bridgehead atoms. The SMILES string of the molecule is CN=C(NCc1nc(C)no1)N1CCC2(CCOC2)C1. The second-order valence-electron chi connectivity index (χ2n) is 5.61. The van der Waals surface area contributed by atoms with Gasteiger partial charge in [-0.3, -0.25) is 4.99 Å². The molecule has 3 heterocycles. The van der Waals surface area contributed by atoms with Gasteiger partial charge in [0.05, 0.1) is 13.2 Å². The van der Waals surface area contributed by atoms with Gasteiger partial charge in [-0.1, -0.05) is 5.16 Å². The highest BCUT2D eigenvalue weighted by Crippen LogP contribution is 2.38. The van der Waals surface area contributed by atoms with Gasteiger partial charge in [-0.15, -0.1) is 0 Å². The van der Waals surface area contributed by atoms with Gasteiger partial charge in [-0.2, -0.15) is 4.98 Å². The molecule has 0 aromatic carbocycles. The number of aliphatic imine (C=N–C) groups is 1. The molecule has 1 N–H and O–H groups in total. The molecule has 2 aliphatic heterocycles. The molecule has 7 nitrogen and oxygen atoms in total. The second kappa shape index (κ2) is 5.40. The summed E-state index contributed by atoms with van der Waals surface area (Å²) in [6.07, 6.45) is 2.33. The number of ether oxygens (including phenoxy) is 1. The first-order valence-corrected chi connectivity index (χ1v) is 7.03. The Hall–Kier alpha value is -1.63. The largest absolute Gasteiger partial charge is 0.381 e. The molecule has 0 saturated carbocycles. The Labute approximate surface area is 118 Å². The van der Waals surface area contributed by atoms with Crippen molar-refractivity contribution in [3.63, 3.8) is 0 Å². The average molecular weight is 279 g/mol. The maximum Gasteiger partial charge on any atom is 0.246 e. The molecule has 2 saturated heterocycles. The topological polar surface area (TPSA) is 75.8 Å². The monoisotopic (exact) mass is 279 g/mol. The molecule has 7 heteroatoms. The van der Waals surface area contributed by atoms with Crippen molar-refractivity contribution in [2.45, 2.75) is 26.3 Å². The molecule has 1 aromatic heterocycles. The lowest BCUT2D eigenvalue weighted by atomic mass is 9.87. The van der Waals surface area contributed by atoms with Crippen molar-refractivity contribution in [2.75, 3.05) is 33.4 Å². The number of hydrogen-bond donors (Lipinski definition) is 1. The standard InChI is InChI=1S/C13H21N5O2/c1-10-16-11(20-17-10)7-15-12(14-2)18-5-3-13(8-18)4-6-19-9-13/h3-9H2,1-2H3,(H,14,15). The summed E-state index contributed by atoms with van der Waals surface area (Å²) in [6, 6.07) is 0. The third kappa shape index (κ3) is 2.63. The molecular formula is C13H21N5O2. The first-order chi connectivity index (χ1) is 9.71. The van der Waals surface area contributed by atoms with E-state index >= 15 is 0 Å². The van der Waals surface area contributed by atoms with Crippen molar-refractivity contribution in [3.05, 3.63) is 11.7 Å². The fourth-order valence-electron chi connectivity index (χ4n) is 2.99. The van der Waals surface area contributed by atoms with Crippen LogP contribution in [0.5, 0.6) is 0 Å². The number of guanidine groups is 1. The van der Waals surface area contributed by atoms with Crippen LogP contribution in [-0.4, -0.2) is 54.4 Å². The highest BCUT2D eigenvalue weighted by atomic mass is 16.5. The normalized spacial score (nSPS) is 26.7. The van der Waals surface area contributed by atoms with E-state index in [4.69, 9.17) is 9.26 Å². The van der Waals surface area contributed by atoms with Crippen LogP contribution in [0.1, 0.15) is 24.6 Å². The van der Waals surface area contributed by atoms with Crippen LogP contribution in [0.15, 0.2) is 9.52 Å². The first kappa shape index (κ1) is 13.4. The van der Waals surface area contributed by atoms with Crippen LogP contribution < -0.4 is 5.32 Å². The van der Waals surface area contributed by atoms with Crippen LogP contribution in [0, 0.1) is 12.3 Å². The van der Waals surface area contributed by atoms with Crippen LogP contribution in [0.3, 0.4) is 0 Å². The molecule has 1 unspecified atom stereocenters. The zero-order chi connectivity index (χ0) is 14.0. The predicted octanol–water partition coefficient (Wildman–Crippen LogP) is 0.566. The van der Waals surface area contributed by atoms with Crippen molar-refractivity contribution >= 4 is 5.96 Å². The Morgan fingerprint density at radius 3 is 3.05 bits per heavy atom. The highest BCUT2D eigenvalue weighted by Gasteiger charge is 2.42. The number of aromatic nitrogens is 2. The van der Waals surface area contributed by atoms with Crippen LogP contribution in [0.25, 0.3) is 0 Å². The smallest absolute Gasteiger partial charge is 0.246 e. The Morgan fingerprint density at radius 2 is 2.40 bits per heavy atom. The van der Waals surface area contributed by atoms with Crippen molar-refractivity contribution in [1.82, 2.24) is 20.4 Å². The molecule has 1 aromatic rings. The molecule has 1 spiro atoms. The number of hydrogen-bond acceptors (Lipinski definition) is 5. The van der Waals surface area contributed by atoms with E-state index in [0.29, 0.717) is 23.7 Å². The third-order valence-electron chi connectivity index (χ3n) is 4.10. The number of nitrogens with one attached hydrogen (secondary N) is 1. The summed E-state index contributed by atoms with van der Waals surface area (Å²) >= 11 is 0. The summed E-state index contributed by atoms with van der Waals surface area (Å²) in [5.41, 5.74) is 0.332. The summed E-state index contributed by atoms with van der Waals surface area (Å²) in [4.78, 5) is 10.8. The first-order valence-electron chi connectivity index (χ1n) is 7.03. The average Bonchev–Trinajstić information content (AvgIpc) is 3.15. The molecule has 2 fully saturated rings. The molecular weight excluding hydrogens is 258 g/mol. The van der Waals surface area contributed by atoms with Crippen molar-refractivity contribution < 1.29 is 9.26 Å². The Bertz CT molecular complexity index is 493. The fourth-order valence-corrected chi connectivity index (χ4v) is 2.99. The van der Waals surface area contributed by atoms with E-state index in [2.05, 4.69) is 25.3 Å². The Balaban J connectivity index is 1.57. The highest BCUT2D eigenvalue weighted by molar-refractivity contribution is 5.80. The van der Waals surface area contributed by atoms with Gasteiger partial charge < -0.3 is 19.5 Å². The van der Waals surface area contributed by atoms with Gasteiger partial charge in [0.25, 0.3) is 0 Å². The van der Waals surface area contributed by atoms with E-state index in [0.717, 1.165) is 38.7 Å². The minimum atomic E-state index is 0.332. The molecule has 0 radical (unpaired) electrons. The lowest BCUT2D eigenvalue weighted by Crippen LogP contribution is -2.41. The third-order valence-corrected chi connectivity index (χ3v) is 4.10. The number of rotatable bonds is 2. The van der Waals surface area contributed by atoms with Crippen molar-refractivity contribution in [3.8, 4) is 0 Å². The van der Waals surface area contributed by atoms with Gasteiger partial charge in [0, 0.05) is 32.2 Å². The minimum Gasteiger partial charge on any atom is -0.381 e. The van der Waals surface area contributed by atoms with Crippen LogP contribution >= 0.6 is 0 Å². The molecule has 20 heavy (non-hydrogen) atoms. The van der Waals surface area contributed by atoms with E-state index < -0.39 is 0 Å². The van der Waals surface area contributed by atoms with Gasteiger partial charge in [0.15, 0.2) is 11.8 Å². The second-order valence-corrected chi connectivity index (χ2v) is 5.61. The van der Waals surface area contributed by atoms with Crippen LogP contribution in [0.4, 0.5) is 0 Å². The van der Waals surface area contributed by atoms with Gasteiger partial charge in [0.2, 0.25) is 5.89 Å². The molecule has 2 aliphatic rings. The summed E-state index contributed by atoms with van der Waals surface area (Å²) in [5.74, 6) is 2.13.